The van der Waals surface area contributed by atoms with Crippen molar-refractivity contribution >= 4 is 17.8 Å². The van der Waals surface area contributed by atoms with Gasteiger partial charge in [0.05, 0.1) is 12.2 Å². The maximum absolute atomic E-state index is 12.4. The number of likely N-dealkylation sites (tertiary alicyclic amines) is 1. The highest BCUT2D eigenvalue weighted by Crippen LogP contribution is 2.20. The number of nitrogens with one attached hydrogen (secondary N) is 1. The standard InChI is InChI=1S/C18H26N2O5/c1-5-24-18(23)16-12(3)15(13(4)19-16)17(22)25-10-14(21)20-9-7-6-8-11(20)2/h11,19H,5-10H2,1-4H3/t11-/m0/s1. The summed E-state index contributed by atoms with van der Waals surface area (Å²) in [5, 5.41) is 0. The minimum Gasteiger partial charge on any atom is -0.461 e. The zero-order valence-electron chi connectivity index (χ0n) is 15.3. The Morgan fingerprint density at radius 2 is 1.88 bits per heavy atom. The largest absolute Gasteiger partial charge is 0.461 e. The molecule has 1 aromatic heterocycles. The van der Waals surface area contributed by atoms with Crippen LogP contribution in [0.2, 0.25) is 0 Å². The van der Waals surface area contributed by atoms with Gasteiger partial charge in [0.2, 0.25) is 0 Å². The Morgan fingerprint density at radius 1 is 1.16 bits per heavy atom. The number of aromatic amines is 1. The zero-order chi connectivity index (χ0) is 18.6. The number of rotatable bonds is 5. The molecule has 0 aromatic carbocycles. The molecule has 2 rings (SSSR count). The summed E-state index contributed by atoms with van der Waals surface area (Å²) < 4.78 is 10.2. The van der Waals surface area contributed by atoms with Crippen LogP contribution in [0.15, 0.2) is 0 Å². The third kappa shape index (κ3) is 4.21. The molecule has 0 radical (unpaired) electrons. The van der Waals surface area contributed by atoms with Crippen molar-refractivity contribution in [1.82, 2.24) is 9.88 Å². The van der Waals surface area contributed by atoms with Crippen LogP contribution in [0.5, 0.6) is 0 Å². The molecule has 0 unspecified atom stereocenters. The average molecular weight is 350 g/mol. The number of nitrogens with zero attached hydrogens (tertiary/aromatic N) is 1. The van der Waals surface area contributed by atoms with Crippen molar-refractivity contribution < 1.29 is 23.9 Å². The fourth-order valence-corrected chi connectivity index (χ4v) is 3.21. The number of H-pyrrole nitrogens is 1. The molecule has 0 saturated carbocycles. The van der Waals surface area contributed by atoms with Crippen LogP contribution in [0, 0.1) is 13.8 Å². The lowest BCUT2D eigenvalue weighted by Crippen LogP contribution is -2.44. The van der Waals surface area contributed by atoms with Gasteiger partial charge >= 0.3 is 11.9 Å². The molecule has 1 aliphatic rings. The van der Waals surface area contributed by atoms with Gasteiger partial charge in [-0.1, -0.05) is 0 Å². The predicted molar refractivity (Wildman–Crippen MR) is 91.5 cm³/mol. The fourth-order valence-electron chi connectivity index (χ4n) is 3.21. The second kappa shape index (κ2) is 8.18. The molecule has 1 N–H and O–H groups in total. The molecule has 1 atom stereocenters. The monoisotopic (exact) mass is 350 g/mol. The lowest BCUT2D eigenvalue weighted by molar-refractivity contribution is -0.137. The maximum atomic E-state index is 12.4. The molecule has 25 heavy (non-hydrogen) atoms. The summed E-state index contributed by atoms with van der Waals surface area (Å²) in [7, 11) is 0. The van der Waals surface area contributed by atoms with Crippen molar-refractivity contribution in [2.75, 3.05) is 19.8 Å². The number of piperidine rings is 1. The van der Waals surface area contributed by atoms with E-state index in [1.807, 2.05) is 6.92 Å². The molecule has 1 fully saturated rings. The molecular weight excluding hydrogens is 324 g/mol. The number of hydrogen-bond acceptors (Lipinski definition) is 5. The van der Waals surface area contributed by atoms with Gasteiger partial charge < -0.3 is 19.4 Å². The van der Waals surface area contributed by atoms with Gasteiger partial charge in [-0.25, -0.2) is 9.59 Å². The van der Waals surface area contributed by atoms with Crippen molar-refractivity contribution in [2.45, 2.75) is 53.0 Å². The van der Waals surface area contributed by atoms with E-state index >= 15 is 0 Å². The summed E-state index contributed by atoms with van der Waals surface area (Å²) in [6, 6.07) is 0.172. The van der Waals surface area contributed by atoms with Crippen molar-refractivity contribution in [3.8, 4) is 0 Å². The lowest BCUT2D eigenvalue weighted by atomic mass is 10.0. The second-order valence-electron chi connectivity index (χ2n) is 6.35. The van der Waals surface area contributed by atoms with Crippen molar-refractivity contribution in [3.63, 3.8) is 0 Å². The Bertz CT molecular complexity index is 665. The number of carbonyl (C=O) groups excluding carboxylic acids is 3. The minimum atomic E-state index is -0.611. The van der Waals surface area contributed by atoms with E-state index in [0.717, 1.165) is 19.3 Å². The maximum Gasteiger partial charge on any atom is 0.355 e. The van der Waals surface area contributed by atoms with E-state index < -0.39 is 11.9 Å². The van der Waals surface area contributed by atoms with E-state index in [9.17, 15) is 14.4 Å². The van der Waals surface area contributed by atoms with E-state index in [0.29, 0.717) is 17.8 Å². The van der Waals surface area contributed by atoms with Crippen molar-refractivity contribution in [1.29, 1.82) is 0 Å². The summed E-state index contributed by atoms with van der Waals surface area (Å²) in [5.41, 5.74) is 1.51. The quantitative estimate of drug-likeness (QED) is 0.824. The van der Waals surface area contributed by atoms with Gasteiger partial charge in [-0.2, -0.15) is 0 Å². The van der Waals surface area contributed by atoms with Gasteiger partial charge in [-0.3, -0.25) is 4.79 Å². The molecule has 1 aliphatic heterocycles. The number of carbonyl (C=O) groups is 3. The van der Waals surface area contributed by atoms with E-state index in [1.54, 1.807) is 25.7 Å². The highest BCUT2D eigenvalue weighted by molar-refractivity contribution is 5.99. The van der Waals surface area contributed by atoms with Crippen LogP contribution in [0.1, 0.15) is 65.2 Å². The molecule has 1 amide bonds. The Morgan fingerprint density at radius 3 is 2.52 bits per heavy atom. The molecule has 7 nitrogen and oxygen atoms in total. The third-order valence-electron chi connectivity index (χ3n) is 4.57. The van der Waals surface area contributed by atoms with E-state index in [4.69, 9.17) is 9.47 Å². The smallest absolute Gasteiger partial charge is 0.355 e. The highest BCUT2D eigenvalue weighted by atomic mass is 16.5. The zero-order valence-corrected chi connectivity index (χ0v) is 15.3. The van der Waals surface area contributed by atoms with Gasteiger partial charge in [0.15, 0.2) is 6.61 Å². The molecule has 138 valence electrons. The minimum absolute atomic E-state index is 0.172. The lowest BCUT2D eigenvalue weighted by Gasteiger charge is -2.33. The number of aromatic nitrogens is 1. The van der Waals surface area contributed by atoms with Crippen LogP contribution in [0.25, 0.3) is 0 Å². The van der Waals surface area contributed by atoms with E-state index in [-0.39, 0.29) is 36.4 Å². The first-order chi connectivity index (χ1) is 11.9. The summed E-state index contributed by atoms with van der Waals surface area (Å²) in [6.45, 7) is 7.71. The molecule has 0 bridgehead atoms. The van der Waals surface area contributed by atoms with Crippen molar-refractivity contribution in [2.24, 2.45) is 0 Å². The Balaban J connectivity index is 2.03. The molecule has 1 aromatic rings. The summed E-state index contributed by atoms with van der Waals surface area (Å²) >= 11 is 0. The number of hydrogen-bond donors (Lipinski definition) is 1. The fraction of sp³-hybridized carbons (Fsp3) is 0.611. The van der Waals surface area contributed by atoms with E-state index in [2.05, 4.69) is 4.98 Å². The van der Waals surface area contributed by atoms with Gasteiger partial charge in [-0.05, 0) is 52.5 Å². The first-order valence-corrected chi connectivity index (χ1v) is 8.69. The first kappa shape index (κ1) is 19.0. The molecule has 7 heteroatoms. The number of ether oxygens (including phenoxy) is 2. The number of aryl methyl sites for hydroxylation is 1. The first-order valence-electron chi connectivity index (χ1n) is 8.69. The van der Waals surface area contributed by atoms with E-state index in [1.165, 1.54) is 0 Å². The third-order valence-corrected chi connectivity index (χ3v) is 4.57. The Kier molecular flexibility index (Phi) is 6.22. The predicted octanol–water partition coefficient (Wildman–Crippen LogP) is 2.37. The summed E-state index contributed by atoms with van der Waals surface area (Å²) in [6.07, 6.45) is 3.06. The van der Waals surface area contributed by atoms with Gasteiger partial charge in [0.1, 0.15) is 5.69 Å². The Labute approximate surface area is 147 Å². The molecular formula is C18H26N2O5. The Hall–Kier alpha value is -2.31. The molecule has 0 spiro atoms. The van der Waals surface area contributed by atoms with Gasteiger partial charge in [-0.15, -0.1) is 0 Å². The van der Waals surface area contributed by atoms with Crippen LogP contribution < -0.4 is 0 Å². The number of esters is 2. The van der Waals surface area contributed by atoms with Crippen LogP contribution in [-0.2, 0) is 14.3 Å². The van der Waals surface area contributed by atoms with Crippen molar-refractivity contribution in [3.05, 3.63) is 22.5 Å². The van der Waals surface area contributed by atoms with Gasteiger partial charge in [0.25, 0.3) is 5.91 Å². The van der Waals surface area contributed by atoms with Crippen LogP contribution in [0.4, 0.5) is 0 Å². The molecule has 0 aliphatic carbocycles. The average Bonchev–Trinajstić information content (AvgIpc) is 2.87. The second-order valence-corrected chi connectivity index (χ2v) is 6.35. The normalized spacial score (nSPS) is 17.3. The summed E-state index contributed by atoms with van der Waals surface area (Å²) in [5.74, 6) is -1.31. The molecule has 1 saturated heterocycles. The van der Waals surface area contributed by atoms with Crippen LogP contribution >= 0.6 is 0 Å². The highest BCUT2D eigenvalue weighted by Gasteiger charge is 2.27. The van der Waals surface area contributed by atoms with Crippen LogP contribution in [0.3, 0.4) is 0 Å². The summed E-state index contributed by atoms with van der Waals surface area (Å²) in [4.78, 5) is 41.2. The van der Waals surface area contributed by atoms with Crippen LogP contribution in [-0.4, -0.2) is 53.5 Å². The number of amides is 1. The molecule has 2 heterocycles. The van der Waals surface area contributed by atoms with Gasteiger partial charge in [0, 0.05) is 18.3 Å². The topological polar surface area (TPSA) is 88.7 Å². The SMILES string of the molecule is CCOC(=O)c1[nH]c(C)c(C(=O)OCC(=O)N2CCCC[C@@H]2C)c1C.